The van der Waals surface area contributed by atoms with Crippen molar-refractivity contribution in [3.05, 3.63) is 17.7 Å². The molecule has 2 aliphatic rings. The molecule has 11 heteroatoms. The van der Waals surface area contributed by atoms with Crippen LogP contribution in [0.5, 0.6) is 0 Å². The second-order valence-corrected chi connectivity index (χ2v) is 11.6. The standard InChI is InChI=1S/C16H27N5O4S2/c1-26(22,23)20-5-3-12(10-20)7-15-14(17)9-18-16(19-15)8-13-4-6-21(11-13)27(2,24)25/h9,12-13H,3-8,10-11,17H2,1-2H3. The van der Waals surface area contributed by atoms with E-state index in [1.165, 1.54) is 21.1 Å². The molecule has 0 aromatic carbocycles. The van der Waals surface area contributed by atoms with Gasteiger partial charge in [0.1, 0.15) is 5.82 Å². The van der Waals surface area contributed by atoms with Gasteiger partial charge < -0.3 is 5.73 Å². The van der Waals surface area contributed by atoms with Gasteiger partial charge in [0, 0.05) is 32.6 Å². The predicted molar refractivity (Wildman–Crippen MR) is 103 cm³/mol. The normalized spacial score (nSPS) is 25.3. The molecule has 2 aliphatic heterocycles. The summed E-state index contributed by atoms with van der Waals surface area (Å²) in [6.07, 6.45) is 6.87. The summed E-state index contributed by atoms with van der Waals surface area (Å²) in [5.41, 5.74) is 7.29. The van der Waals surface area contributed by atoms with Gasteiger partial charge in [-0.25, -0.2) is 35.4 Å². The molecule has 2 N–H and O–H groups in total. The summed E-state index contributed by atoms with van der Waals surface area (Å²) in [5, 5.41) is 0. The van der Waals surface area contributed by atoms with E-state index in [0.29, 0.717) is 50.5 Å². The number of nitrogen functional groups attached to an aromatic ring is 1. The summed E-state index contributed by atoms with van der Waals surface area (Å²) in [6.45, 7) is 2.05. The van der Waals surface area contributed by atoms with Crippen LogP contribution in [0.1, 0.15) is 24.4 Å². The summed E-state index contributed by atoms with van der Waals surface area (Å²) in [7, 11) is -6.32. The lowest BCUT2D eigenvalue weighted by atomic mass is 10.0. The first kappa shape index (κ1) is 20.4. The maximum Gasteiger partial charge on any atom is 0.211 e. The zero-order chi connectivity index (χ0) is 19.8. The van der Waals surface area contributed by atoms with Gasteiger partial charge in [-0.05, 0) is 31.1 Å². The largest absolute Gasteiger partial charge is 0.396 e. The van der Waals surface area contributed by atoms with E-state index in [1.807, 2.05) is 0 Å². The Bertz CT molecular complexity index is 903. The van der Waals surface area contributed by atoms with Crippen LogP contribution in [0.2, 0.25) is 0 Å². The second-order valence-electron chi connectivity index (χ2n) is 7.65. The lowest BCUT2D eigenvalue weighted by Crippen LogP contribution is -2.28. The summed E-state index contributed by atoms with van der Waals surface area (Å²) in [5.74, 6) is 1.05. The first-order chi connectivity index (χ1) is 12.5. The highest BCUT2D eigenvalue weighted by Gasteiger charge is 2.31. The van der Waals surface area contributed by atoms with Gasteiger partial charge in [-0.15, -0.1) is 0 Å². The Morgan fingerprint density at radius 3 is 2.00 bits per heavy atom. The molecular weight excluding hydrogens is 390 g/mol. The summed E-state index contributed by atoms with van der Waals surface area (Å²) < 4.78 is 49.6. The summed E-state index contributed by atoms with van der Waals surface area (Å²) in [4.78, 5) is 8.91. The average molecular weight is 418 g/mol. The van der Waals surface area contributed by atoms with Crippen LogP contribution >= 0.6 is 0 Å². The zero-order valence-electron chi connectivity index (χ0n) is 15.7. The van der Waals surface area contributed by atoms with Gasteiger partial charge >= 0.3 is 0 Å². The number of nitrogens with zero attached hydrogens (tertiary/aromatic N) is 4. The molecule has 3 rings (SSSR count). The van der Waals surface area contributed by atoms with Crippen LogP contribution in [0.25, 0.3) is 0 Å². The topological polar surface area (TPSA) is 127 Å². The number of hydrogen-bond donors (Lipinski definition) is 1. The molecular formula is C16H27N5O4S2. The quantitative estimate of drug-likeness (QED) is 0.673. The Kier molecular flexibility index (Phi) is 5.76. The monoisotopic (exact) mass is 417 g/mol. The van der Waals surface area contributed by atoms with Crippen LogP contribution in [-0.4, -0.2) is 74.1 Å². The molecule has 0 bridgehead atoms. The van der Waals surface area contributed by atoms with Gasteiger partial charge in [0.25, 0.3) is 0 Å². The van der Waals surface area contributed by atoms with Gasteiger partial charge in [-0.3, -0.25) is 0 Å². The first-order valence-electron chi connectivity index (χ1n) is 9.03. The van der Waals surface area contributed by atoms with Gasteiger partial charge in [-0.1, -0.05) is 0 Å². The zero-order valence-corrected chi connectivity index (χ0v) is 17.3. The fraction of sp³-hybridized carbons (Fsp3) is 0.750. The van der Waals surface area contributed by atoms with Crippen molar-refractivity contribution in [2.24, 2.45) is 11.8 Å². The third-order valence-corrected chi connectivity index (χ3v) is 7.88. The highest BCUT2D eigenvalue weighted by molar-refractivity contribution is 7.88. The van der Waals surface area contributed by atoms with E-state index in [-0.39, 0.29) is 11.8 Å². The van der Waals surface area contributed by atoms with Crippen LogP contribution in [-0.2, 0) is 32.9 Å². The summed E-state index contributed by atoms with van der Waals surface area (Å²) >= 11 is 0. The van der Waals surface area contributed by atoms with Crippen LogP contribution in [0.15, 0.2) is 6.20 Å². The van der Waals surface area contributed by atoms with Crippen molar-refractivity contribution in [1.82, 2.24) is 18.6 Å². The van der Waals surface area contributed by atoms with Crippen molar-refractivity contribution in [3.8, 4) is 0 Å². The van der Waals surface area contributed by atoms with Gasteiger partial charge in [0.2, 0.25) is 20.0 Å². The minimum atomic E-state index is -3.16. The molecule has 9 nitrogen and oxygen atoms in total. The molecule has 27 heavy (non-hydrogen) atoms. The third kappa shape index (κ3) is 5.15. The Morgan fingerprint density at radius 1 is 1.00 bits per heavy atom. The fourth-order valence-electron chi connectivity index (χ4n) is 3.79. The van der Waals surface area contributed by atoms with Crippen LogP contribution in [0, 0.1) is 11.8 Å². The van der Waals surface area contributed by atoms with E-state index in [2.05, 4.69) is 9.97 Å². The van der Waals surface area contributed by atoms with Gasteiger partial charge in [-0.2, -0.15) is 0 Å². The lowest BCUT2D eigenvalue weighted by Gasteiger charge is -2.15. The Hall–Kier alpha value is -1.30. The van der Waals surface area contributed by atoms with Crippen molar-refractivity contribution in [1.29, 1.82) is 0 Å². The SMILES string of the molecule is CS(=O)(=O)N1CCC(Cc2ncc(N)c(CC3CCN(S(C)(=O)=O)C3)n2)C1. The number of anilines is 1. The van der Waals surface area contributed by atoms with E-state index >= 15 is 0 Å². The van der Waals surface area contributed by atoms with E-state index in [9.17, 15) is 16.8 Å². The van der Waals surface area contributed by atoms with E-state index in [0.717, 1.165) is 18.5 Å². The Balaban J connectivity index is 1.64. The van der Waals surface area contributed by atoms with Crippen molar-refractivity contribution in [2.75, 3.05) is 44.4 Å². The van der Waals surface area contributed by atoms with Gasteiger partial charge in [0.15, 0.2) is 0 Å². The molecule has 0 amide bonds. The molecule has 0 radical (unpaired) electrons. The molecule has 1 aromatic heterocycles. The minimum absolute atomic E-state index is 0.192. The number of aromatic nitrogens is 2. The molecule has 3 heterocycles. The molecule has 2 unspecified atom stereocenters. The fourth-order valence-corrected chi connectivity index (χ4v) is 5.63. The molecule has 2 saturated heterocycles. The molecule has 2 fully saturated rings. The highest BCUT2D eigenvalue weighted by atomic mass is 32.2. The van der Waals surface area contributed by atoms with Crippen LogP contribution in [0.4, 0.5) is 5.69 Å². The van der Waals surface area contributed by atoms with Crippen LogP contribution < -0.4 is 5.73 Å². The molecule has 0 spiro atoms. The predicted octanol–water partition coefficient (Wildman–Crippen LogP) is -0.293. The van der Waals surface area contributed by atoms with Crippen molar-refractivity contribution >= 4 is 25.7 Å². The summed E-state index contributed by atoms with van der Waals surface area (Å²) in [6, 6.07) is 0. The number of hydrogen-bond acceptors (Lipinski definition) is 7. The Labute approximate surface area is 161 Å². The number of nitrogens with two attached hydrogens (primary N) is 1. The molecule has 2 atom stereocenters. The maximum absolute atomic E-state index is 11.7. The molecule has 0 aliphatic carbocycles. The minimum Gasteiger partial charge on any atom is -0.396 e. The third-order valence-electron chi connectivity index (χ3n) is 5.34. The van der Waals surface area contributed by atoms with Gasteiger partial charge in [0.05, 0.1) is 30.1 Å². The first-order valence-corrected chi connectivity index (χ1v) is 12.7. The Morgan fingerprint density at radius 2 is 1.52 bits per heavy atom. The molecule has 0 saturated carbocycles. The maximum atomic E-state index is 11.7. The number of rotatable bonds is 6. The van der Waals surface area contributed by atoms with Crippen molar-refractivity contribution in [3.63, 3.8) is 0 Å². The average Bonchev–Trinajstić information content (AvgIpc) is 3.19. The number of sulfonamides is 2. The smallest absolute Gasteiger partial charge is 0.211 e. The van der Waals surface area contributed by atoms with E-state index < -0.39 is 20.0 Å². The van der Waals surface area contributed by atoms with Crippen LogP contribution in [0.3, 0.4) is 0 Å². The lowest BCUT2D eigenvalue weighted by molar-refractivity contribution is 0.455. The molecule has 1 aromatic rings. The van der Waals surface area contributed by atoms with Crippen molar-refractivity contribution < 1.29 is 16.8 Å². The highest BCUT2D eigenvalue weighted by Crippen LogP contribution is 2.25. The second kappa shape index (κ2) is 7.61. The van der Waals surface area contributed by atoms with E-state index in [1.54, 1.807) is 6.20 Å². The van der Waals surface area contributed by atoms with E-state index in [4.69, 9.17) is 5.73 Å². The van der Waals surface area contributed by atoms with Crippen molar-refractivity contribution in [2.45, 2.75) is 25.7 Å². The molecule has 152 valence electrons.